The van der Waals surface area contributed by atoms with Gasteiger partial charge in [-0.15, -0.1) is 0 Å². The third-order valence-electron chi connectivity index (χ3n) is 5.17. The fourth-order valence-electron chi connectivity index (χ4n) is 3.57. The van der Waals surface area contributed by atoms with E-state index in [9.17, 15) is 14.4 Å². The summed E-state index contributed by atoms with van der Waals surface area (Å²) in [6.07, 6.45) is 0.949. The average Bonchev–Trinajstić information content (AvgIpc) is 2.93. The maximum absolute atomic E-state index is 12.6. The molecule has 0 bridgehead atoms. The van der Waals surface area contributed by atoms with Crippen LogP contribution in [0.15, 0.2) is 10.9 Å². The van der Waals surface area contributed by atoms with Gasteiger partial charge in [-0.25, -0.2) is 9.67 Å². The summed E-state index contributed by atoms with van der Waals surface area (Å²) in [6, 6.07) is 1.43. The highest BCUT2D eigenvalue weighted by atomic mass is 16.2. The molecule has 150 valence electrons. The van der Waals surface area contributed by atoms with E-state index in [2.05, 4.69) is 15.1 Å². The quantitative estimate of drug-likeness (QED) is 0.824. The fourth-order valence-corrected chi connectivity index (χ4v) is 3.57. The molecule has 3 rings (SSSR count). The zero-order chi connectivity index (χ0) is 20.4. The number of amides is 2. The SMILES string of the molecule is CC(=O)N1CCN(C(=O)CCc2c(C)nn(-c3nc(C)cc(=O)[nH]3)c2C)CC1. The van der Waals surface area contributed by atoms with Gasteiger partial charge in [0.2, 0.25) is 17.8 Å². The van der Waals surface area contributed by atoms with Crippen LogP contribution >= 0.6 is 0 Å². The average molecular weight is 386 g/mol. The summed E-state index contributed by atoms with van der Waals surface area (Å²) in [5, 5.41) is 4.50. The molecule has 1 aliphatic rings. The van der Waals surface area contributed by atoms with Crippen molar-refractivity contribution in [3.8, 4) is 5.95 Å². The first-order chi connectivity index (χ1) is 13.3. The Morgan fingerprint density at radius 1 is 1.11 bits per heavy atom. The number of aryl methyl sites for hydroxylation is 2. The van der Waals surface area contributed by atoms with Crippen LogP contribution in [0.5, 0.6) is 0 Å². The minimum Gasteiger partial charge on any atom is -0.339 e. The number of rotatable bonds is 4. The molecule has 2 aromatic rings. The summed E-state index contributed by atoms with van der Waals surface area (Å²) < 4.78 is 1.62. The minimum atomic E-state index is -0.225. The number of hydrogen-bond acceptors (Lipinski definition) is 5. The Morgan fingerprint density at radius 2 is 1.75 bits per heavy atom. The lowest BCUT2D eigenvalue weighted by Gasteiger charge is -2.34. The van der Waals surface area contributed by atoms with Crippen LogP contribution in [-0.2, 0) is 16.0 Å². The molecule has 1 saturated heterocycles. The van der Waals surface area contributed by atoms with Crippen molar-refractivity contribution in [3.63, 3.8) is 0 Å². The first-order valence-corrected chi connectivity index (χ1v) is 9.43. The topological polar surface area (TPSA) is 104 Å². The Balaban J connectivity index is 1.68. The standard InChI is InChI=1S/C19H26N6O3/c1-12-11-17(27)21-19(20-12)25-14(3)16(13(2)22-25)5-6-18(28)24-9-7-23(8-10-24)15(4)26/h11H,5-10H2,1-4H3,(H,20,21,27). The van der Waals surface area contributed by atoms with E-state index in [-0.39, 0.29) is 17.4 Å². The molecule has 0 aromatic carbocycles. The number of H-pyrrole nitrogens is 1. The lowest BCUT2D eigenvalue weighted by Crippen LogP contribution is -2.50. The number of hydrogen-bond donors (Lipinski definition) is 1. The Morgan fingerprint density at radius 3 is 2.36 bits per heavy atom. The Labute approximate surface area is 163 Å². The molecule has 0 spiro atoms. The molecule has 28 heavy (non-hydrogen) atoms. The number of piperazine rings is 1. The van der Waals surface area contributed by atoms with Crippen molar-refractivity contribution in [2.45, 2.75) is 40.5 Å². The van der Waals surface area contributed by atoms with Crippen molar-refractivity contribution < 1.29 is 9.59 Å². The van der Waals surface area contributed by atoms with Crippen LogP contribution < -0.4 is 5.56 Å². The van der Waals surface area contributed by atoms with E-state index < -0.39 is 0 Å². The first kappa shape index (κ1) is 19.8. The van der Waals surface area contributed by atoms with Crippen molar-refractivity contribution in [3.05, 3.63) is 39.1 Å². The number of aromatic amines is 1. The molecule has 9 heteroatoms. The van der Waals surface area contributed by atoms with Gasteiger partial charge in [-0.2, -0.15) is 5.10 Å². The highest BCUT2D eigenvalue weighted by molar-refractivity contribution is 5.77. The third kappa shape index (κ3) is 4.13. The summed E-state index contributed by atoms with van der Waals surface area (Å²) in [5.74, 6) is 0.508. The molecule has 0 unspecified atom stereocenters. The van der Waals surface area contributed by atoms with Crippen molar-refractivity contribution in [2.24, 2.45) is 0 Å². The number of aromatic nitrogens is 4. The summed E-state index contributed by atoms with van der Waals surface area (Å²) in [5.41, 5.74) is 3.06. The minimum absolute atomic E-state index is 0.0496. The van der Waals surface area contributed by atoms with Gasteiger partial charge in [-0.1, -0.05) is 0 Å². The Kier molecular flexibility index (Phi) is 5.62. The van der Waals surface area contributed by atoms with E-state index in [1.165, 1.54) is 6.07 Å². The maximum atomic E-state index is 12.6. The molecule has 2 amide bonds. The van der Waals surface area contributed by atoms with E-state index in [1.807, 2.05) is 18.7 Å². The lowest BCUT2D eigenvalue weighted by atomic mass is 10.1. The number of carbonyl (C=O) groups excluding carboxylic acids is 2. The predicted octanol–water partition coefficient (Wildman–Crippen LogP) is 0.504. The monoisotopic (exact) mass is 386 g/mol. The molecule has 0 radical (unpaired) electrons. The van der Waals surface area contributed by atoms with Gasteiger partial charge >= 0.3 is 0 Å². The Bertz CT molecular complexity index is 953. The summed E-state index contributed by atoms with van der Waals surface area (Å²) in [7, 11) is 0. The molecule has 3 heterocycles. The van der Waals surface area contributed by atoms with Crippen LogP contribution in [0.25, 0.3) is 5.95 Å². The molecular formula is C19H26N6O3. The largest absolute Gasteiger partial charge is 0.339 e. The molecule has 1 aliphatic heterocycles. The van der Waals surface area contributed by atoms with Crippen LogP contribution in [0.4, 0.5) is 0 Å². The lowest BCUT2D eigenvalue weighted by molar-refractivity contribution is -0.138. The molecule has 0 saturated carbocycles. The van der Waals surface area contributed by atoms with E-state index in [4.69, 9.17) is 0 Å². The van der Waals surface area contributed by atoms with Gasteiger partial charge in [0.15, 0.2) is 0 Å². The van der Waals surface area contributed by atoms with E-state index in [0.717, 1.165) is 17.0 Å². The fraction of sp³-hybridized carbons (Fsp3) is 0.526. The van der Waals surface area contributed by atoms with Gasteiger partial charge in [0.1, 0.15) is 0 Å². The number of nitrogens with zero attached hydrogens (tertiary/aromatic N) is 5. The third-order valence-corrected chi connectivity index (χ3v) is 5.17. The highest BCUT2D eigenvalue weighted by Crippen LogP contribution is 2.18. The van der Waals surface area contributed by atoms with Crippen LogP contribution in [0.3, 0.4) is 0 Å². The molecule has 1 N–H and O–H groups in total. The van der Waals surface area contributed by atoms with E-state index in [0.29, 0.717) is 50.7 Å². The van der Waals surface area contributed by atoms with Crippen LogP contribution in [-0.4, -0.2) is 67.5 Å². The van der Waals surface area contributed by atoms with Crippen molar-refractivity contribution in [1.82, 2.24) is 29.5 Å². The molecule has 1 fully saturated rings. The molecule has 9 nitrogen and oxygen atoms in total. The molecular weight excluding hydrogens is 360 g/mol. The van der Waals surface area contributed by atoms with E-state index in [1.54, 1.807) is 23.4 Å². The number of carbonyl (C=O) groups is 2. The normalized spacial score (nSPS) is 14.4. The first-order valence-electron chi connectivity index (χ1n) is 9.43. The second-order valence-corrected chi connectivity index (χ2v) is 7.16. The van der Waals surface area contributed by atoms with Gasteiger partial charge in [0.05, 0.1) is 5.69 Å². The van der Waals surface area contributed by atoms with E-state index >= 15 is 0 Å². The van der Waals surface area contributed by atoms with Crippen molar-refractivity contribution in [1.29, 1.82) is 0 Å². The Hall–Kier alpha value is -2.97. The second-order valence-electron chi connectivity index (χ2n) is 7.16. The summed E-state index contributed by atoms with van der Waals surface area (Å²) in [6.45, 7) is 9.44. The van der Waals surface area contributed by atoms with Gasteiger partial charge < -0.3 is 9.80 Å². The van der Waals surface area contributed by atoms with Gasteiger partial charge in [0, 0.05) is 57.0 Å². The highest BCUT2D eigenvalue weighted by Gasteiger charge is 2.23. The predicted molar refractivity (Wildman–Crippen MR) is 103 cm³/mol. The second kappa shape index (κ2) is 7.95. The smallest absolute Gasteiger partial charge is 0.252 e. The van der Waals surface area contributed by atoms with Crippen molar-refractivity contribution in [2.75, 3.05) is 26.2 Å². The number of nitrogens with one attached hydrogen (secondary N) is 1. The van der Waals surface area contributed by atoms with Crippen LogP contribution in [0, 0.1) is 20.8 Å². The van der Waals surface area contributed by atoms with Crippen LogP contribution in [0.2, 0.25) is 0 Å². The summed E-state index contributed by atoms with van der Waals surface area (Å²) >= 11 is 0. The molecule has 0 atom stereocenters. The van der Waals surface area contributed by atoms with Crippen molar-refractivity contribution >= 4 is 11.8 Å². The van der Waals surface area contributed by atoms with Gasteiger partial charge in [0.25, 0.3) is 5.56 Å². The summed E-state index contributed by atoms with van der Waals surface area (Å²) in [4.78, 5) is 46.3. The van der Waals surface area contributed by atoms with Gasteiger partial charge in [-0.3, -0.25) is 19.4 Å². The molecule has 2 aromatic heterocycles. The zero-order valence-corrected chi connectivity index (χ0v) is 16.8. The zero-order valence-electron chi connectivity index (χ0n) is 16.8. The maximum Gasteiger partial charge on any atom is 0.252 e. The van der Waals surface area contributed by atoms with Crippen LogP contribution in [0.1, 0.15) is 36.0 Å². The molecule has 0 aliphatic carbocycles. The van der Waals surface area contributed by atoms with Gasteiger partial charge in [-0.05, 0) is 32.8 Å².